The minimum absolute atomic E-state index is 0.159. The minimum Gasteiger partial charge on any atom is -0.507 e. The lowest BCUT2D eigenvalue weighted by Gasteiger charge is -2.39. The van der Waals surface area contributed by atoms with E-state index in [1.54, 1.807) is 0 Å². The molecule has 1 heterocycles. The van der Waals surface area contributed by atoms with E-state index in [4.69, 9.17) is 14.2 Å². The minimum atomic E-state index is -1.66. The van der Waals surface area contributed by atoms with E-state index < -0.39 is 82.2 Å². The van der Waals surface area contributed by atoms with Crippen LogP contribution in [0.5, 0.6) is 11.5 Å². The molecular formula is C18H20O11S. The first-order valence-electron chi connectivity index (χ1n) is 8.65. The van der Waals surface area contributed by atoms with Crippen LogP contribution in [0.15, 0.2) is 22.5 Å². The van der Waals surface area contributed by atoms with Gasteiger partial charge >= 0.3 is 0 Å². The molecule has 2 aliphatic rings. The van der Waals surface area contributed by atoms with Gasteiger partial charge in [0.05, 0.1) is 36.8 Å². The predicted octanol–water partition coefficient (Wildman–Crippen LogP) is -1.13. The topological polar surface area (TPSA) is 183 Å². The van der Waals surface area contributed by atoms with Crippen LogP contribution in [0, 0.1) is 0 Å². The summed E-state index contributed by atoms with van der Waals surface area (Å²) in [6.07, 6.45) is -6.05. The van der Waals surface area contributed by atoms with Crippen LogP contribution in [0.3, 0.4) is 0 Å². The summed E-state index contributed by atoms with van der Waals surface area (Å²) < 4.78 is 15.2. The molecule has 0 amide bonds. The lowest BCUT2D eigenvalue weighted by atomic mass is 9.90. The van der Waals surface area contributed by atoms with Gasteiger partial charge in [-0.2, -0.15) is 0 Å². The number of phenols is 2. The Balaban J connectivity index is 2.03. The number of Topliss-reactive ketones (excluding diaryl/α,β-unsaturated/α-hetero) is 2. The van der Waals surface area contributed by atoms with E-state index in [0.29, 0.717) is 11.8 Å². The van der Waals surface area contributed by atoms with E-state index in [9.17, 15) is 40.2 Å². The number of methoxy groups -OCH3 is 2. The first kappa shape index (κ1) is 22.3. The SMILES string of the molecule is COC1=C(OC)C(=O)c2c(O)c(S[C@@H]3O[C@H](CO)[C@@H](O)[C@H](O)[C@H]3O)cc(O)c2C1=O. The number of hydrogen-bond donors (Lipinski definition) is 6. The maximum Gasteiger partial charge on any atom is 0.236 e. The van der Waals surface area contributed by atoms with Crippen molar-refractivity contribution in [2.45, 2.75) is 34.7 Å². The number of benzene rings is 1. The molecule has 1 aliphatic carbocycles. The third kappa shape index (κ3) is 3.41. The Bertz CT molecular complexity index is 910. The molecule has 0 bridgehead atoms. The number of rotatable bonds is 5. The van der Waals surface area contributed by atoms with Crippen LogP contribution in [0.25, 0.3) is 0 Å². The molecule has 164 valence electrons. The fourth-order valence-electron chi connectivity index (χ4n) is 3.27. The first-order chi connectivity index (χ1) is 14.2. The molecule has 6 N–H and O–H groups in total. The Labute approximate surface area is 174 Å². The fraction of sp³-hybridized carbons (Fsp3) is 0.444. The summed E-state index contributed by atoms with van der Waals surface area (Å²) in [6, 6.07) is 0.983. The maximum atomic E-state index is 12.8. The smallest absolute Gasteiger partial charge is 0.236 e. The third-order valence-corrected chi connectivity index (χ3v) is 6.00. The van der Waals surface area contributed by atoms with Gasteiger partial charge < -0.3 is 44.8 Å². The quantitative estimate of drug-likeness (QED) is 0.301. The lowest BCUT2D eigenvalue weighted by molar-refractivity contribution is -0.205. The van der Waals surface area contributed by atoms with Crippen molar-refractivity contribution < 1.29 is 54.4 Å². The van der Waals surface area contributed by atoms with Crippen LogP contribution in [-0.2, 0) is 14.2 Å². The van der Waals surface area contributed by atoms with Crippen molar-refractivity contribution in [3.8, 4) is 11.5 Å². The summed E-state index contributed by atoms with van der Waals surface area (Å²) >= 11 is 0.614. The monoisotopic (exact) mass is 444 g/mol. The average molecular weight is 444 g/mol. The average Bonchev–Trinajstić information content (AvgIpc) is 2.72. The molecule has 30 heavy (non-hydrogen) atoms. The number of allylic oxidation sites excluding steroid dienone is 2. The van der Waals surface area contributed by atoms with Crippen molar-refractivity contribution in [3.63, 3.8) is 0 Å². The van der Waals surface area contributed by atoms with Gasteiger partial charge in [0.1, 0.15) is 41.4 Å². The first-order valence-corrected chi connectivity index (χ1v) is 9.53. The lowest BCUT2D eigenvalue weighted by Crippen LogP contribution is -2.57. The number of thioether (sulfide) groups is 1. The Kier molecular flexibility index (Phi) is 6.26. The summed E-state index contributed by atoms with van der Waals surface area (Å²) in [5.74, 6) is -4.00. The number of hydrogen-bond acceptors (Lipinski definition) is 12. The van der Waals surface area contributed by atoms with Gasteiger partial charge in [0, 0.05) is 0 Å². The Morgan fingerprint density at radius 1 is 0.967 bits per heavy atom. The number of carbonyl (C=O) groups is 2. The highest BCUT2D eigenvalue weighted by atomic mass is 32.2. The summed E-state index contributed by atoms with van der Waals surface area (Å²) in [5.41, 5.74) is -2.29. The second kappa shape index (κ2) is 8.41. The van der Waals surface area contributed by atoms with Gasteiger partial charge in [0.25, 0.3) is 0 Å². The Hall–Kier alpha value is -2.35. The molecule has 0 aromatic heterocycles. The van der Waals surface area contributed by atoms with E-state index >= 15 is 0 Å². The molecule has 11 nitrogen and oxygen atoms in total. The van der Waals surface area contributed by atoms with Crippen LogP contribution in [-0.4, -0.2) is 92.9 Å². The Morgan fingerprint density at radius 2 is 1.53 bits per heavy atom. The van der Waals surface area contributed by atoms with Crippen molar-refractivity contribution in [2.75, 3.05) is 20.8 Å². The Morgan fingerprint density at radius 3 is 2.07 bits per heavy atom. The largest absolute Gasteiger partial charge is 0.507 e. The van der Waals surface area contributed by atoms with Crippen molar-refractivity contribution in [3.05, 3.63) is 28.7 Å². The standard InChI is InChI=1S/C18H20O11S/c1-27-16-12(23)8-5(20)3-7(11(22)9(8)13(24)17(16)28-2)30-18-15(26)14(25)10(21)6(4-19)29-18/h3,6,10,14-15,18-22,25-26H,4H2,1-2H3/t6-,10-,14+,15-,18+/m1/s1. The second-order valence-electron chi connectivity index (χ2n) is 6.53. The van der Waals surface area contributed by atoms with Crippen LogP contribution in [0.1, 0.15) is 20.7 Å². The van der Waals surface area contributed by atoms with Crippen LogP contribution in [0.4, 0.5) is 0 Å². The van der Waals surface area contributed by atoms with Crippen molar-refractivity contribution >= 4 is 23.3 Å². The van der Waals surface area contributed by atoms with Crippen molar-refractivity contribution in [1.82, 2.24) is 0 Å². The predicted molar refractivity (Wildman–Crippen MR) is 99.1 cm³/mol. The van der Waals surface area contributed by atoms with Gasteiger partial charge in [-0.05, 0) is 6.07 Å². The van der Waals surface area contributed by atoms with E-state index in [-0.39, 0.29) is 4.90 Å². The molecule has 3 rings (SSSR count). The molecule has 0 saturated carbocycles. The highest BCUT2D eigenvalue weighted by Crippen LogP contribution is 2.46. The number of ether oxygens (including phenoxy) is 3. The normalized spacial score (nSPS) is 29.1. The van der Waals surface area contributed by atoms with Gasteiger partial charge in [0.2, 0.25) is 23.1 Å². The van der Waals surface area contributed by atoms with Gasteiger partial charge in [0.15, 0.2) is 0 Å². The number of aromatic hydroxyl groups is 2. The molecule has 1 fully saturated rings. The fourth-order valence-corrected chi connectivity index (χ4v) is 4.41. The maximum absolute atomic E-state index is 12.8. The number of aliphatic hydroxyl groups is 4. The molecule has 0 radical (unpaired) electrons. The van der Waals surface area contributed by atoms with Crippen LogP contribution >= 0.6 is 11.8 Å². The molecule has 12 heteroatoms. The zero-order valence-corrected chi connectivity index (χ0v) is 16.6. The number of fused-ring (bicyclic) bond motifs is 1. The number of aliphatic hydroxyl groups excluding tert-OH is 4. The van der Waals surface area contributed by atoms with E-state index in [0.717, 1.165) is 20.3 Å². The molecule has 1 aliphatic heterocycles. The van der Waals surface area contributed by atoms with Crippen molar-refractivity contribution in [1.29, 1.82) is 0 Å². The zero-order chi connectivity index (χ0) is 22.3. The van der Waals surface area contributed by atoms with Gasteiger partial charge in [-0.15, -0.1) is 0 Å². The summed E-state index contributed by atoms with van der Waals surface area (Å²) in [4.78, 5) is 25.2. The molecule has 0 unspecified atom stereocenters. The molecule has 5 atom stereocenters. The highest BCUT2D eigenvalue weighted by Gasteiger charge is 2.45. The van der Waals surface area contributed by atoms with Crippen LogP contribution < -0.4 is 0 Å². The van der Waals surface area contributed by atoms with Gasteiger partial charge in [-0.3, -0.25) is 9.59 Å². The number of ketones is 2. The summed E-state index contributed by atoms with van der Waals surface area (Å²) in [6.45, 7) is -0.655. The molecule has 1 aromatic carbocycles. The summed E-state index contributed by atoms with van der Waals surface area (Å²) in [5, 5.41) is 60.2. The zero-order valence-electron chi connectivity index (χ0n) is 15.8. The van der Waals surface area contributed by atoms with E-state index in [1.807, 2.05) is 0 Å². The number of phenolic OH excluding ortho intramolecular Hbond substituents is 2. The van der Waals surface area contributed by atoms with E-state index in [2.05, 4.69) is 0 Å². The molecule has 1 saturated heterocycles. The highest BCUT2D eigenvalue weighted by molar-refractivity contribution is 8.00. The summed E-state index contributed by atoms with van der Waals surface area (Å²) in [7, 11) is 2.28. The van der Waals surface area contributed by atoms with Gasteiger partial charge in [-0.25, -0.2) is 0 Å². The van der Waals surface area contributed by atoms with Crippen molar-refractivity contribution in [2.24, 2.45) is 0 Å². The van der Waals surface area contributed by atoms with Gasteiger partial charge in [-0.1, -0.05) is 11.8 Å². The van der Waals surface area contributed by atoms with Crippen LogP contribution in [0.2, 0.25) is 0 Å². The number of carbonyl (C=O) groups excluding carboxylic acids is 2. The third-order valence-electron chi connectivity index (χ3n) is 4.82. The molecular weight excluding hydrogens is 424 g/mol. The molecule has 1 aromatic rings. The second-order valence-corrected chi connectivity index (χ2v) is 7.67. The van der Waals surface area contributed by atoms with E-state index in [1.165, 1.54) is 0 Å². The molecule has 0 spiro atoms.